The SMILES string of the molecule is Cc1cccc(Cn2cc(C(=O)Nc3cccc(C)c3)ccc2=O)c1. The highest BCUT2D eigenvalue weighted by molar-refractivity contribution is 6.04. The molecule has 25 heavy (non-hydrogen) atoms. The molecule has 1 N–H and O–H groups in total. The Morgan fingerprint density at radius 2 is 1.68 bits per heavy atom. The van der Waals surface area contributed by atoms with Crippen LogP contribution in [0.2, 0.25) is 0 Å². The molecule has 1 heterocycles. The highest BCUT2D eigenvalue weighted by Gasteiger charge is 2.09. The number of hydrogen-bond donors (Lipinski definition) is 1. The first-order valence-corrected chi connectivity index (χ1v) is 8.15. The van der Waals surface area contributed by atoms with Crippen molar-refractivity contribution in [1.82, 2.24) is 4.57 Å². The molecular weight excluding hydrogens is 312 g/mol. The number of aryl methyl sites for hydroxylation is 2. The predicted octanol–water partition coefficient (Wildman–Crippen LogP) is 3.77. The Kier molecular flexibility index (Phi) is 4.80. The van der Waals surface area contributed by atoms with E-state index in [0.29, 0.717) is 12.1 Å². The van der Waals surface area contributed by atoms with Crippen molar-refractivity contribution in [1.29, 1.82) is 0 Å². The maximum Gasteiger partial charge on any atom is 0.257 e. The van der Waals surface area contributed by atoms with Crippen LogP contribution in [0, 0.1) is 13.8 Å². The number of nitrogens with one attached hydrogen (secondary N) is 1. The number of aromatic nitrogens is 1. The molecule has 0 spiro atoms. The highest BCUT2D eigenvalue weighted by Crippen LogP contribution is 2.12. The van der Waals surface area contributed by atoms with Crippen LogP contribution in [0.3, 0.4) is 0 Å². The molecule has 0 fully saturated rings. The summed E-state index contributed by atoms with van der Waals surface area (Å²) in [4.78, 5) is 24.6. The van der Waals surface area contributed by atoms with Gasteiger partial charge in [-0.05, 0) is 43.2 Å². The normalized spacial score (nSPS) is 10.5. The molecule has 4 nitrogen and oxygen atoms in total. The van der Waals surface area contributed by atoms with Gasteiger partial charge in [0.25, 0.3) is 11.5 Å². The molecule has 0 saturated heterocycles. The number of benzene rings is 2. The maximum absolute atomic E-state index is 12.5. The number of amides is 1. The van der Waals surface area contributed by atoms with Gasteiger partial charge in [0.15, 0.2) is 0 Å². The lowest BCUT2D eigenvalue weighted by Gasteiger charge is -2.10. The molecule has 1 amide bonds. The fourth-order valence-electron chi connectivity index (χ4n) is 2.72. The van der Waals surface area contributed by atoms with Crippen LogP contribution in [0.4, 0.5) is 5.69 Å². The van der Waals surface area contributed by atoms with E-state index >= 15 is 0 Å². The number of carbonyl (C=O) groups is 1. The second-order valence-electron chi connectivity index (χ2n) is 6.20. The summed E-state index contributed by atoms with van der Waals surface area (Å²) in [5.74, 6) is -0.233. The van der Waals surface area contributed by atoms with E-state index in [1.54, 1.807) is 16.8 Å². The summed E-state index contributed by atoms with van der Waals surface area (Å²) >= 11 is 0. The zero-order valence-electron chi connectivity index (χ0n) is 14.3. The van der Waals surface area contributed by atoms with Gasteiger partial charge in [-0.25, -0.2) is 0 Å². The Morgan fingerprint density at radius 1 is 0.960 bits per heavy atom. The lowest BCUT2D eigenvalue weighted by Crippen LogP contribution is -2.22. The fraction of sp³-hybridized carbons (Fsp3) is 0.143. The van der Waals surface area contributed by atoms with Crippen molar-refractivity contribution < 1.29 is 4.79 Å². The van der Waals surface area contributed by atoms with E-state index in [-0.39, 0.29) is 11.5 Å². The molecule has 0 aliphatic carbocycles. The molecule has 3 aromatic rings. The van der Waals surface area contributed by atoms with Crippen LogP contribution >= 0.6 is 0 Å². The molecule has 126 valence electrons. The average molecular weight is 332 g/mol. The third kappa shape index (κ3) is 4.23. The lowest BCUT2D eigenvalue weighted by atomic mass is 10.1. The molecule has 0 aliphatic rings. The second kappa shape index (κ2) is 7.18. The minimum absolute atomic E-state index is 0.131. The average Bonchev–Trinajstić information content (AvgIpc) is 2.57. The Morgan fingerprint density at radius 3 is 2.40 bits per heavy atom. The third-order valence-corrected chi connectivity index (χ3v) is 3.96. The van der Waals surface area contributed by atoms with Crippen LogP contribution in [0.15, 0.2) is 71.7 Å². The minimum Gasteiger partial charge on any atom is -0.322 e. The fourth-order valence-corrected chi connectivity index (χ4v) is 2.72. The van der Waals surface area contributed by atoms with Gasteiger partial charge < -0.3 is 9.88 Å². The molecule has 0 unspecified atom stereocenters. The summed E-state index contributed by atoms with van der Waals surface area (Å²) in [6.07, 6.45) is 1.61. The van der Waals surface area contributed by atoms with Crippen LogP contribution in [0.1, 0.15) is 27.0 Å². The van der Waals surface area contributed by atoms with Gasteiger partial charge >= 0.3 is 0 Å². The van der Waals surface area contributed by atoms with Crippen LogP contribution < -0.4 is 10.9 Å². The van der Waals surface area contributed by atoms with E-state index in [0.717, 1.165) is 22.4 Å². The molecule has 0 aliphatic heterocycles. The maximum atomic E-state index is 12.5. The standard InChI is InChI=1S/C21H20N2O2/c1-15-5-3-7-17(11-15)13-23-14-18(9-10-20(23)24)21(25)22-19-8-4-6-16(2)12-19/h3-12,14H,13H2,1-2H3,(H,22,25). The van der Waals surface area contributed by atoms with Crippen LogP contribution in [0.25, 0.3) is 0 Å². The quantitative estimate of drug-likeness (QED) is 0.791. The molecule has 0 bridgehead atoms. The van der Waals surface area contributed by atoms with Crippen molar-refractivity contribution in [2.24, 2.45) is 0 Å². The number of rotatable bonds is 4. The van der Waals surface area contributed by atoms with Crippen molar-refractivity contribution in [2.45, 2.75) is 20.4 Å². The van der Waals surface area contributed by atoms with Gasteiger partial charge in [-0.1, -0.05) is 42.0 Å². The first-order valence-electron chi connectivity index (χ1n) is 8.15. The van der Waals surface area contributed by atoms with Crippen molar-refractivity contribution in [3.63, 3.8) is 0 Å². The molecule has 0 radical (unpaired) electrons. The topological polar surface area (TPSA) is 51.1 Å². The number of nitrogens with zero attached hydrogens (tertiary/aromatic N) is 1. The Hall–Kier alpha value is -3.14. The van der Waals surface area contributed by atoms with Gasteiger partial charge in [-0.2, -0.15) is 0 Å². The summed E-state index contributed by atoms with van der Waals surface area (Å²) in [5, 5.41) is 2.86. The smallest absolute Gasteiger partial charge is 0.257 e. The van der Waals surface area contributed by atoms with E-state index in [9.17, 15) is 9.59 Å². The van der Waals surface area contributed by atoms with Gasteiger partial charge in [0.1, 0.15) is 0 Å². The van der Waals surface area contributed by atoms with Crippen LogP contribution in [0.5, 0.6) is 0 Å². The van der Waals surface area contributed by atoms with Crippen molar-refractivity contribution in [2.75, 3.05) is 5.32 Å². The number of pyridine rings is 1. The first kappa shape index (κ1) is 16.7. The zero-order chi connectivity index (χ0) is 17.8. The van der Waals surface area contributed by atoms with Crippen molar-refractivity contribution in [3.8, 4) is 0 Å². The molecular formula is C21H20N2O2. The third-order valence-electron chi connectivity index (χ3n) is 3.96. The molecule has 0 saturated carbocycles. The van der Waals surface area contributed by atoms with Crippen LogP contribution in [-0.2, 0) is 6.54 Å². The molecule has 1 aromatic heterocycles. The monoisotopic (exact) mass is 332 g/mol. The van der Waals surface area contributed by atoms with Crippen molar-refractivity contribution in [3.05, 3.63) is 99.5 Å². The summed E-state index contributed by atoms with van der Waals surface area (Å²) < 4.78 is 1.56. The summed E-state index contributed by atoms with van der Waals surface area (Å²) in [7, 11) is 0. The van der Waals surface area contributed by atoms with Crippen LogP contribution in [-0.4, -0.2) is 10.5 Å². The second-order valence-corrected chi connectivity index (χ2v) is 6.20. The molecule has 3 rings (SSSR count). The summed E-state index contributed by atoms with van der Waals surface area (Å²) in [6, 6.07) is 18.6. The molecule has 0 atom stereocenters. The zero-order valence-corrected chi connectivity index (χ0v) is 14.3. The van der Waals surface area contributed by atoms with Gasteiger partial charge in [0.05, 0.1) is 12.1 Å². The summed E-state index contributed by atoms with van der Waals surface area (Å²) in [6.45, 7) is 4.42. The molecule has 4 heteroatoms. The lowest BCUT2D eigenvalue weighted by molar-refractivity contribution is 0.102. The largest absolute Gasteiger partial charge is 0.322 e. The van der Waals surface area contributed by atoms with E-state index in [2.05, 4.69) is 5.32 Å². The minimum atomic E-state index is -0.233. The highest BCUT2D eigenvalue weighted by atomic mass is 16.2. The summed E-state index contributed by atoms with van der Waals surface area (Å²) in [5.41, 5.74) is 4.29. The Bertz CT molecular complexity index is 973. The van der Waals surface area contributed by atoms with E-state index < -0.39 is 0 Å². The Labute approximate surface area is 146 Å². The van der Waals surface area contributed by atoms with E-state index in [4.69, 9.17) is 0 Å². The number of carbonyl (C=O) groups excluding carboxylic acids is 1. The van der Waals surface area contributed by atoms with E-state index in [1.165, 1.54) is 6.07 Å². The van der Waals surface area contributed by atoms with Gasteiger partial charge in [-0.3, -0.25) is 9.59 Å². The van der Waals surface area contributed by atoms with Gasteiger partial charge in [-0.15, -0.1) is 0 Å². The number of hydrogen-bond acceptors (Lipinski definition) is 2. The van der Waals surface area contributed by atoms with Crippen molar-refractivity contribution >= 4 is 11.6 Å². The predicted molar refractivity (Wildman–Crippen MR) is 100 cm³/mol. The Balaban J connectivity index is 1.83. The number of anilines is 1. The van der Waals surface area contributed by atoms with E-state index in [1.807, 2.05) is 62.4 Å². The van der Waals surface area contributed by atoms with Gasteiger partial charge in [0, 0.05) is 18.0 Å². The van der Waals surface area contributed by atoms with Gasteiger partial charge in [0.2, 0.25) is 0 Å². The molecule has 2 aromatic carbocycles. The first-order chi connectivity index (χ1) is 12.0.